The zero-order chi connectivity index (χ0) is 13.8. The smallest absolute Gasteiger partial charge is 0.160 e. The second-order valence-electron chi connectivity index (χ2n) is 4.27. The molecule has 2 rings (SSSR count). The molecule has 0 aliphatic carbocycles. The van der Waals surface area contributed by atoms with Crippen LogP contribution < -0.4 is 5.32 Å². The predicted molar refractivity (Wildman–Crippen MR) is 76.6 cm³/mol. The predicted octanol–water partition coefficient (Wildman–Crippen LogP) is 4.86. The lowest BCUT2D eigenvalue weighted by Crippen LogP contribution is -2.06. The van der Waals surface area contributed by atoms with Crippen molar-refractivity contribution in [3.8, 4) is 0 Å². The molecule has 4 heteroatoms. The highest BCUT2D eigenvalue weighted by molar-refractivity contribution is 7.98. The van der Waals surface area contributed by atoms with Gasteiger partial charge in [0.2, 0.25) is 0 Å². The fraction of sp³-hybridized carbons (Fsp3) is 0.200. The molecular formula is C15H15F2NS. The Bertz CT molecular complexity index is 555. The average Bonchev–Trinajstić information content (AvgIpc) is 2.43. The summed E-state index contributed by atoms with van der Waals surface area (Å²) in [6.45, 7) is 1.98. The van der Waals surface area contributed by atoms with Gasteiger partial charge in [-0.05, 0) is 43.0 Å². The minimum Gasteiger partial charge on any atom is -0.378 e. The maximum Gasteiger partial charge on any atom is 0.160 e. The van der Waals surface area contributed by atoms with Crippen LogP contribution in [0.25, 0.3) is 0 Å². The van der Waals surface area contributed by atoms with Crippen molar-refractivity contribution >= 4 is 17.4 Å². The van der Waals surface area contributed by atoms with Gasteiger partial charge in [-0.3, -0.25) is 0 Å². The van der Waals surface area contributed by atoms with Crippen molar-refractivity contribution < 1.29 is 8.78 Å². The van der Waals surface area contributed by atoms with Crippen molar-refractivity contribution in [2.24, 2.45) is 0 Å². The van der Waals surface area contributed by atoms with Gasteiger partial charge in [-0.25, -0.2) is 8.78 Å². The third kappa shape index (κ3) is 3.47. The standard InChI is InChI=1S/C15H15F2NS/c1-10(11-3-6-13(19-2)7-4-11)18-12-5-8-14(16)15(17)9-12/h3-10,18H,1-2H3. The molecule has 0 saturated carbocycles. The molecule has 0 aliphatic rings. The molecule has 0 spiro atoms. The number of rotatable bonds is 4. The fourth-order valence-electron chi connectivity index (χ4n) is 1.81. The number of anilines is 1. The van der Waals surface area contributed by atoms with Crippen molar-refractivity contribution in [2.75, 3.05) is 11.6 Å². The Hall–Kier alpha value is -1.55. The molecule has 1 N–H and O–H groups in total. The molecule has 2 aromatic carbocycles. The van der Waals surface area contributed by atoms with Crippen LogP contribution in [0.1, 0.15) is 18.5 Å². The van der Waals surface area contributed by atoms with E-state index in [2.05, 4.69) is 5.32 Å². The van der Waals surface area contributed by atoms with E-state index >= 15 is 0 Å². The van der Waals surface area contributed by atoms with Gasteiger partial charge in [0, 0.05) is 22.7 Å². The van der Waals surface area contributed by atoms with Gasteiger partial charge in [-0.15, -0.1) is 11.8 Å². The van der Waals surface area contributed by atoms with Crippen molar-refractivity contribution in [1.82, 2.24) is 0 Å². The van der Waals surface area contributed by atoms with Gasteiger partial charge < -0.3 is 5.32 Å². The first-order valence-corrected chi connectivity index (χ1v) is 7.18. The van der Waals surface area contributed by atoms with Crippen LogP contribution in [0, 0.1) is 11.6 Å². The summed E-state index contributed by atoms with van der Waals surface area (Å²) in [7, 11) is 0. The van der Waals surface area contributed by atoms with Gasteiger partial charge in [-0.1, -0.05) is 12.1 Å². The van der Waals surface area contributed by atoms with E-state index in [1.807, 2.05) is 37.4 Å². The summed E-state index contributed by atoms with van der Waals surface area (Å²) in [6.07, 6.45) is 2.03. The van der Waals surface area contributed by atoms with Crippen LogP contribution in [0.3, 0.4) is 0 Å². The zero-order valence-corrected chi connectivity index (χ0v) is 11.6. The van der Waals surface area contributed by atoms with Crippen molar-refractivity contribution in [1.29, 1.82) is 0 Å². The number of nitrogens with one attached hydrogen (secondary N) is 1. The van der Waals surface area contributed by atoms with Crippen LogP contribution >= 0.6 is 11.8 Å². The highest BCUT2D eigenvalue weighted by atomic mass is 32.2. The molecule has 0 amide bonds. The van der Waals surface area contributed by atoms with Crippen LogP contribution in [-0.4, -0.2) is 6.26 Å². The molecule has 19 heavy (non-hydrogen) atoms. The van der Waals surface area contributed by atoms with Crippen molar-refractivity contribution in [3.63, 3.8) is 0 Å². The minimum absolute atomic E-state index is 0.0285. The Kier molecular flexibility index (Phi) is 4.43. The second kappa shape index (κ2) is 6.06. The van der Waals surface area contributed by atoms with E-state index in [4.69, 9.17) is 0 Å². The Labute approximate surface area is 116 Å². The van der Waals surface area contributed by atoms with Crippen LogP contribution in [0.2, 0.25) is 0 Å². The largest absolute Gasteiger partial charge is 0.378 e. The quantitative estimate of drug-likeness (QED) is 0.802. The number of hydrogen-bond donors (Lipinski definition) is 1. The van der Waals surface area contributed by atoms with E-state index in [0.717, 1.165) is 11.6 Å². The average molecular weight is 279 g/mol. The monoisotopic (exact) mass is 279 g/mol. The maximum absolute atomic E-state index is 13.1. The molecule has 0 saturated heterocycles. The molecule has 0 heterocycles. The van der Waals surface area contributed by atoms with Gasteiger partial charge in [0.25, 0.3) is 0 Å². The van der Waals surface area contributed by atoms with E-state index in [1.165, 1.54) is 17.0 Å². The molecule has 0 radical (unpaired) electrons. The first-order valence-electron chi connectivity index (χ1n) is 5.95. The summed E-state index contributed by atoms with van der Waals surface area (Å²) >= 11 is 1.69. The minimum atomic E-state index is -0.838. The second-order valence-corrected chi connectivity index (χ2v) is 5.15. The first-order chi connectivity index (χ1) is 9.10. The topological polar surface area (TPSA) is 12.0 Å². The van der Waals surface area contributed by atoms with Crippen LogP contribution in [-0.2, 0) is 0 Å². The molecular weight excluding hydrogens is 264 g/mol. The molecule has 2 aromatic rings. The summed E-state index contributed by atoms with van der Waals surface area (Å²) in [4.78, 5) is 1.20. The summed E-state index contributed by atoms with van der Waals surface area (Å²) in [6, 6.07) is 12.0. The molecule has 0 bridgehead atoms. The summed E-state index contributed by atoms with van der Waals surface area (Å²) in [5, 5.41) is 3.15. The third-order valence-electron chi connectivity index (χ3n) is 2.92. The Morgan fingerprint density at radius 1 is 1.00 bits per heavy atom. The van der Waals surface area contributed by atoms with E-state index < -0.39 is 11.6 Å². The van der Waals surface area contributed by atoms with E-state index in [1.54, 1.807) is 11.8 Å². The van der Waals surface area contributed by atoms with E-state index in [0.29, 0.717) is 5.69 Å². The Balaban J connectivity index is 2.10. The Morgan fingerprint density at radius 3 is 2.26 bits per heavy atom. The number of benzene rings is 2. The first kappa shape index (κ1) is 13.9. The number of thioether (sulfide) groups is 1. The zero-order valence-electron chi connectivity index (χ0n) is 10.8. The normalized spacial score (nSPS) is 12.2. The number of hydrogen-bond acceptors (Lipinski definition) is 2. The molecule has 1 nitrogen and oxygen atoms in total. The molecule has 0 fully saturated rings. The molecule has 0 aromatic heterocycles. The van der Waals surface area contributed by atoms with E-state index in [-0.39, 0.29) is 6.04 Å². The highest BCUT2D eigenvalue weighted by Crippen LogP contribution is 2.23. The Morgan fingerprint density at radius 2 is 1.68 bits per heavy atom. The maximum atomic E-state index is 13.1. The summed E-state index contributed by atoms with van der Waals surface area (Å²) in [5.74, 6) is -1.67. The van der Waals surface area contributed by atoms with E-state index in [9.17, 15) is 8.78 Å². The SMILES string of the molecule is CSc1ccc(C(C)Nc2ccc(F)c(F)c2)cc1. The fourth-order valence-corrected chi connectivity index (χ4v) is 2.22. The van der Waals surface area contributed by atoms with Gasteiger partial charge in [0.15, 0.2) is 11.6 Å². The summed E-state index contributed by atoms with van der Waals surface area (Å²) in [5.41, 5.74) is 1.67. The van der Waals surface area contributed by atoms with Crippen LogP contribution in [0.5, 0.6) is 0 Å². The summed E-state index contributed by atoms with van der Waals surface area (Å²) < 4.78 is 26.0. The lowest BCUT2D eigenvalue weighted by atomic mass is 10.1. The molecule has 100 valence electrons. The van der Waals surface area contributed by atoms with Crippen molar-refractivity contribution in [3.05, 3.63) is 59.7 Å². The number of halogens is 2. The van der Waals surface area contributed by atoms with Gasteiger partial charge in [-0.2, -0.15) is 0 Å². The van der Waals surface area contributed by atoms with Gasteiger partial charge in [0.05, 0.1) is 0 Å². The highest BCUT2D eigenvalue weighted by Gasteiger charge is 2.07. The van der Waals surface area contributed by atoms with Crippen LogP contribution in [0.4, 0.5) is 14.5 Å². The van der Waals surface area contributed by atoms with Crippen LogP contribution in [0.15, 0.2) is 47.4 Å². The molecule has 1 unspecified atom stereocenters. The molecule has 0 aliphatic heterocycles. The lowest BCUT2D eigenvalue weighted by molar-refractivity contribution is 0.509. The van der Waals surface area contributed by atoms with Crippen molar-refractivity contribution in [2.45, 2.75) is 17.9 Å². The lowest BCUT2D eigenvalue weighted by Gasteiger charge is -2.16. The van der Waals surface area contributed by atoms with Gasteiger partial charge >= 0.3 is 0 Å². The van der Waals surface area contributed by atoms with Gasteiger partial charge in [0.1, 0.15) is 0 Å². The third-order valence-corrected chi connectivity index (χ3v) is 3.66. The molecule has 1 atom stereocenters.